The van der Waals surface area contributed by atoms with Gasteiger partial charge in [-0.15, -0.1) is 0 Å². The standard InChI is InChI=1S/C17H19NO2/c1-19-13-8-9-14-16(10-13)18-15(11-17(14)20-2)12-6-4-3-5-7-12/h3-10,15,17-18H,11H2,1-2H3. The van der Waals surface area contributed by atoms with Crippen LogP contribution in [0.2, 0.25) is 0 Å². The fraction of sp³-hybridized carbons (Fsp3) is 0.294. The summed E-state index contributed by atoms with van der Waals surface area (Å²) in [6, 6.07) is 16.8. The first-order chi connectivity index (χ1) is 9.81. The minimum atomic E-state index is 0.113. The summed E-state index contributed by atoms with van der Waals surface area (Å²) in [5.74, 6) is 0.861. The van der Waals surface area contributed by atoms with E-state index in [1.54, 1.807) is 14.2 Å². The highest BCUT2D eigenvalue weighted by molar-refractivity contribution is 5.59. The number of anilines is 1. The maximum atomic E-state index is 5.66. The van der Waals surface area contributed by atoms with Crippen molar-refractivity contribution in [1.29, 1.82) is 0 Å². The molecule has 0 fully saturated rings. The molecule has 0 radical (unpaired) electrons. The number of ether oxygens (including phenoxy) is 2. The van der Waals surface area contributed by atoms with Crippen molar-refractivity contribution in [2.75, 3.05) is 19.5 Å². The molecule has 20 heavy (non-hydrogen) atoms. The van der Waals surface area contributed by atoms with E-state index in [0.717, 1.165) is 17.9 Å². The maximum absolute atomic E-state index is 5.66. The van der Waals surface area contributed by atoms with Gasteiger partial charge in [0.1, 0.15) is 5.75 Å². The van der Waals surface area contributed by atoms with E-state index in [1.165, 1.54) is 11.1 Å². The van der Waals surface area contributed by atoms with Crippen molar-refractivity contribution in [2.45, 2.75) is 18.6 Å². The molecule has 3 nitrogen and oxygen atoms in total. The summed E-state index contributed by atoms with van der Waals surface area (Å²) >= 11 is 0. The smallest absolute Gasteiger partial charge is 0.120 e. The zero-order valence-corrected chi connectivity index (χ0v) is 11.8. The second-order valence-corrected chi connectivity index (χ2v) is 5.02. The van der Waals surface area contributed by atoms with Crippen molar-refractivity contribution in [1.82, 2.24) is 0 Å². The van der Waals surface area contributed by atoms with Crippen molar-refractivity contribution in [3.05, 3.63) is 59.7 Å². The zero-order chi connectivity index (χ0) is 13.9. The Morgan fingerprint density at radius 3 is 2.55 bits per heavy atom. The summed E-state index contributed by atoms with van der Waals surface area (Å²) in [4.78, 5) is 0. The van der Waals surface area contributed by atoms with Gasteiger partial charge < -0.3 is 14.8 Å². The molecule has 1 aliphatic heterocycles. The lowest BCUT2D eigenvalue weighted by Crippen LogP contribution is -2.22. The first kappa shape index (κ1) is 13.0. The van der Waals surface area contributed by atoms with Crippen molar-refractivity contribution in [2.24, 2.45) is 0 Å². The summed E-state index contributed by atoms with van der Waals surface area (Å²) in [6.45, 7) is 0. The second kappa shape index (κ2) is 5.55. The number of rotatable bonds is 3. The molecule has 1 aliphatic rings. The van der Waals surface area contributed by atoms with Crippen LogP contribution in [0.15, 0.2) is 48.5 Å². The second-order valence-electron chi connectivity index (χ2n) is 5.02. The summed E-state index contributed by atoms with van der Waals surface area (Å²) in [5, 5.41) is 3.59. The molecule has 0 saturated heterocycles. The number of hydrogen-bond acceptors (Lipinski definition) is 3. The molecule has 0 spiro atoms. The highest BCUT2D eigenvalue weighted by atomic mass is 16.5. The monoisotopic (exact) mass is 269 g/mol. The Morgan fingerprint density at radius 1 is 1.05 bits per heavy atom. The molecule has 1 N–H and O–H groups in total. The van der Waals surface area contributed by atoms with Gasteiger partial charge in [-0.3, -0.25) is 0 Å². The fourth-order valence-electron chi connectivity index (χ4n) is 2.78. The molecule has 3 heteroatoms. The third kappa shape index (κ3) is 2.37. The summed E-state index contributed by atoms with van der Waals surface area (Å²) in [5.41, 5.74) is 3.57. The maximum Gasteiger partial charge on any atom is 0.120 e. The Kier molecular flexibility index (Phi) is 3.61. The molecule has 104 valence electrons. The Bertz CT molecular complexity index is 583. The highest BCUT2D eigenvalue weighted by Crippen LogP contribution is 2.41. The Morgan fingerprint density at radius 2 is 1.85 bits per heavy atom. The van der Waals surface area contributed by atoms with Gasteiger partial charge in [0.15, 0.2) is 0 Å². The van der Waals surface area contributed by atoms with E-state index in [-0.39, 0.29) is 12.1 Å². The lowest BCUT2D eigenvalue weighted by atomic mass is 9.91. The molecular weight excluding hydrogens is 250 g/mol. The molecule has 3 rings (SSSR count). The number of nitrogens with one attached hydrogen (secondary N) is 1. The van der Waals surface area contributed by atoms with Crippen LogP contribution in [0.4, 0.5) is 5.69 Å². The lowest BCUT2D eigenvalue weighted by molar-refractivity contribution is 0.0878. The first-order valence-electron chi connectivity index (χ1n) is 6.84. The van der Waals surface area contributed by atoms with Gasteiger partial charge in [0.05, 0.1) is 19.3 Å². The fourth-order valence-corrected chi connectivity index (χ4v) is 2.78. The van der Waals surface area contributed by atoms with Crippen molar-refractivity contribution >= 4 is 5.69 Å². The topological polar surface area (TPSA) is 30.5 Å². The van der Waals surface area contributed by atoms with Crippen LogP contribution in [0.25, 0.3) is 0 Å². The summed E-state index contributed by atoms with van der Waals surface area (Å²) < 4.78 is 11.0. The molecule has 0 bridgehead atoms. The molecule has 0 aliphatic carbocycles. The van der Waals surface area contributed by atoms with Crippen molar-refractivity contribution in [3.8, 4) is 5.75 Å². The van der Waals surface area contributed by atoms with Crippen LogP contribution in [0.3, 0.4) is 0 Å². The minimum Gasteiger partial charge on any atom is -0.497 e. The number of benzene rings is 2. The third-order valence-electron chi connectivity index (χ3n) is 3.87. The van der Waals surface area contributed by atoms with Crippen LogP contribution < -0.4 is 10.1 Å². The molecule has 2 aromatic rings. The van der Waals surface area contributed by atoms with Crippen molar-refractivity contribution < 1.29 is 9.47 Å². The zero-order valence-electron chi connectivity index (χ0n) is 11.8. The van der Waals surface area contributed by atoms with E-state index in [9.17, 15) is 0 Å². The number of methoxy groups -OCH3 is 2. The Balaban J connectivity index is 1.96. The first-order valence-corrected chi connectivity index (χ1v) is 6.84. The van der Waals surface area contributed by atoms with Crippen LogP contribution in [0.5, 0.6) is 5.75 Å². The van der Waals surface area contributed by atoms with Gasteiger partial charge in [-0.1, -0.05) is 36.4 Å². The van der Waals surface area contributed by atoms with Crippen LogP contribution in [0.1, 0.15) is 29.7 Å². The van der Waals surface area contributed by atoms with Crippen LogP contribution >= 0.6 is 0 Å². The number of fused-ring (bicyclic) bond motifs is 1. The van der Waals surface area contributed by atoms with Crippen molar-refractivity contribution in [3.63, 3.8) is 0 Å². The van der Waals surface area contributed by atoms with Gasteiger partial charge in [0.2, 0.25) is 0 Å². The quantitative estimate of drug-likeness (QED) is 0.915. The Labute approximate surface area is 119 Å². The van der Waals surface area contributed by atoms with Crippen LogP contribution in [-0.2, 0) is 4.74 Å². The summed E-state index contributed by atoms with van der Waals surface area (Å²) in [7, 11) is 3.46. The van der Waals surface area contributed by atoms with E-state index in [2.05, 4.69) is 35.6 Å². The van der Waals surface area contributed by atoms with Gasteiger partial charge in [-0.25, -0.2) is 0 Å². The molecule has 1 heterocycles. The average molecular weight is 269 g/mol. The SMILES string of the molecule is COc1ccc2c(c1)NC(c1ccccc1)CC2OC. The van der Waals surface area contributed by atoms with Gasteiger partial charge in [0.25, 0.3) is 0 Å². The Hall–Kier alpha value is -2.00. The van der Waals surface area contributed by atoms with E-state index in [0.29, 0.717) is 0 Å². The van der Waals surface area contributed by atoms with Crippen LogP contribution in [-0.4, -0.2) is 14.2 Å². The molecule has 0 amide bonds. The van der Waals surface area contributed by atoms with Gasteiger partial charge in [-0.05, 0) is 11.6 Å². The molecular formula is C17H19NO2. The molecule has 0 saturated carbocycles. The third-order valence-corrected chi connectivity index (χ3v) is 3.87. The van der Waals surface area contributed by atoms with Gasteiger partial charge in [-0.2, -0.15) is 0 Å². The van der Waals surface area contributed by atoms with Gasteiger partial charge in [0, 0.05) is 30.8 Å². The molecule has 0 aromatic heterocycles. The van der Waals surface area contributed by atoms with Gasteiger partial charge >= 0.3 is 0 Å². The molecule has 2 unspecified atom stereocenters. The highest BCUT2D eigenvalue weighted by Gasteiger charge is 2.27. The predicted octanol–water partition coefficient (Wildman–Crippen LogP) is 3.94. The summed E-state index contributed by atoms with van der Waals surface area (Å²) in [6.07, 6.45) is 1.04. The minimum absolute atomic E-state index is 0.113. The lowest BCUT2D eigenvalue weighted by Gasteiger charge is -2.33. The molecule has 2 aromatic carbocycles. The van der Waals surface area contributed by atoms with E-state index in [4.69, 9.17) is 9.47 Å². The largest absolute Gasteiger partial charge is 0.497 e. The average Bonchev–Trinajstić information content (AvgIpc) is 2.54. The predicted molar refractivity (Wildman–Crippen MR) is 80.2 cm³/mol. The van der Waals surface area contributed by atoms with E-state index in [1.807, 2.05) is 18.2 Å². The van der Waals surface area contributed by atoms with Crippen LogP contribution in [0, 0.1) is 0 Å². The normalized spacial score (nSPS) is 20.9. The van der Waals surface area contributed by atoms with E-state index >= 15 is 0 Å². The molecule has 2 atom stereocenters. The van der Waals surface area contributed by atoms with E-state index < -0.39 is 0 Å². The number of hydrogen-bond donors (Lipinski definition) is 1.